The van der Waals surface area contributed by atoms with Crippen LogP contribution in [0.15, 0.2) is 24.3 Å². The van der Waals surface area contributed by atoms with Gasteiger partial charge in [0.1, 0.15) is 0 Å². The molecule has 0 saturated heterocycles. The molecule has 1 aromatic carbocycles. The summed E-state index contributed by atoms with van der Waals surface area (Å²) < 4.78 is 24.5. The number of hydrogen-bond acceptors (Lipinski definition) is 3. The Kier molecular flexibility index (Phi) is 3.78. The van der Waals surface area contributed by atoms with E-state index in [1.54, 1.807) is 0 Å². The lowest BCUT2D eigenvalue weighted by molar-refractivity contribution is 0.487. The summed E-state index contributed by atoms with van der Waals surface area (Å²) >= 11 is 0. The second kappa shape index (κ2) is 5.02. The Labute approximate surface area is 109 Å². The summed E-state index contributed by atoms with van der Waals surface area (Å²) in [5, 5.41) is -0.428. The van der Waals surface area contributed by atoms with Crippen LogP contribution in [0.2, 0.25) is 0 Å². The Morgan fingerprint density at radius 3 is 2.50 bits per heavy atom. The van der Waals surface area contributed by atoms with Crippen molar-refractivity contribution < 1.29 is 8.42 Å². The lowest BCUT2D eigenvalue weighted by Crippen LogP contribution is -2.39. The van der Waals surface area contributed by atoms with E-state index in [-0.39, 0.29) is 17.7 Å². The molecule has 1 aliphatic rings. The average molecular weight is 267 g/mol. The highest BCUT2D eigenvalue weighted by molar-refractivity contribution is 7.92. The first-order chi connectivity index (χ1) is 8.47. The summed E-state index contributed by atoms with van der Waals surface area (Å²) in [6.45, 7) is 3.97. The molecule has 2 N–H and O–H groups in total. The van der Waals surface area contributed by atoms with Crippen molar-refractivity contribution in [2.45, 2.75) is 43.9 Å². The predicted molar refractivity (Wildman–Crippen MR) is 74.3 cm³/mol. The van der Waals surface area contributed by atoms with Crippen molar-refractivity contribution in [1.82, 2.24) is 0 Å². The number of rotatable bonds is 3. The minimum Gasteiger partial charge on any atom is -0.323 e. The van der Waals surface area contributed by atoms with Crippen molar-refractivity contribution in [3.8, 4) is 0 Å². The third-order valence-corrected chi connectivity index (χ3v) is 6.21. The molecule has 0 radical (unpaired) electrons. The van der Waals surface area contributed by atoms with E-state index in [4.69, 9.17) is 5.73 Å². The monoisotopic (exact) mass is 267 g/mol. The Bertz CT molecular complexity index is 524. The third kappa shape index (κ3) is 2.31. The van der Waals surface area contributed by atoms with Crippen LogP contribution in [-0.2, 0) is 9.84 Å². The molecule has 4 heteroatoms. The van der Waals surface area contributed by atoms with E-state index in [1.807, 2.05) is 25.1 Å². The molecule has 2 rings (SSSR count). The Morgan fingerprint density at radius 2 is 1.89 bits per heavy atom. The zero-order valence-electron chi connectivity index (χ0n) is 11.0. The van der Waals surface area contributed by atoms with Gasteiger partial charge in [-0.2, -0.15) is 0 Å². The highest BCUT2D eigenvalue weighted by atomic mass is 32.2. The molecule has 0 bridgehead atoms. The highest BCUT2D eigenvalue weighted by Gasteiger charge is 2.38. The van der Waals surface area contributed by atoms with Gasteiger partial charge in [0.05, 0.1) is 11.0 Å². The van der Waals surface area contributed by atoms with Gasteiger partial charge in [-0.3, -0.25) is 0 Å². The summed E-state index contributed by atoms with van der Waals surface area (Å²) in [7, 11) is -3.08. The van der Waals surface area contributed by atoms with Gasteiger partial charge >= 0.3 is 0 Å². The number of fused-ring (bicyclic) bond motifs is 1. The SMILES string of the molecule is CCCS(=O)(=O)C1CC(C)c2ccccc2C1N. The summed E-state index contributed by atoms with van der Waals surface area (Å²) in [4.78, 5) is 0. The summed E-state index contributed by atoms with van der Waals surface area (Å²) in [5.74, 6) is 0.498. The molecule has 3 unspecified atom stereocenters. The molecule has 1 aromatic rings. The molecular formula is C14H21NO2S. The Hall–Kier alpha value is -0.870. The van der Waals surface area contributed by atoms with E-state index in [1.165, 1.54) is 5.56 Å². The van der Waals surface area contributed by atoms with Gasteiger partial charge < -0.3 is 5.73 Å². The van der Waals surface area contributed by atoms with Crippen LogP contribution in [0.25, 0.3) is 0 Å². The quantitative estimate of drug-likeness (QED) is 0.914. The van der Waals surface area contributed by atoms with Crippen LogP contribution >= 0.6 is 0 Å². The van der Waals surface area contributed by atoms with Crippen LogP contribution in [0.1, 0.15) is 49.8 Å². The molecule has 0 aliphatic heterocycles. The first-order valence-electron chi connectivity index (χ1n) is 6.53. The van der Waals surface area contributed by atoms with Gasteiger partial charge in [0.15, 0.2) is 9.84 Å². The standard InChI is InChI=1S/C14H21NO2S/c1-3-8-18(16,17)13-9-10(2)11-6-4-5-7-12(11)14(13)15/h4-7,10,13-14H,3,8-9,15H2,1-2H3. The minimum atomic E-state index is -3.08. The first kappa shape index (κ1) is 13.6. The minimum absolute atomic E-state index is 0.236. The second-order valence-corrected chi connectivity index (χ2v) is 7.54. The van der Waals surface area contributed by atoms with Crippen LogP contribution in [0.5, 0.6) is 0 Å². The molecule has 0 spiro atoms. The average Bonchev–Trinajstić information content (AvgIpc) is 2.33. The van der Waals surface area contributed by atoms with E-state index in [0.29, 0.717) is 12.8 Å². The van der Waals surface area contributed by atoms with E-state index < -0.39 is 15.1 Å². The van der Waals surface area contributed by atoms with Gasteiger partial charge in [0, 0.05) is 6.04 Å². The summed E-state index contributed by atoms with van der Waals surface area (Å²) in [6, 6.07) is 7.56. The van der Waals surface area contributed by atoms with Gasteiger partial charge in [-0.1, -0.05) is 38.1 Å². The molecule has 0 aromatic heterocycles. The largest absolute Gasteiger partial charge is 0.323 e. The molecule has 3 nitrogen and oxygen atoms in total. The number of hydrogen-bond donors (Lipinski definition) is 1. The Balaban J connectivity index is 2.40. The van der Waals surface area contributed by atoms with Gasteiger partial charge in [-0.25, -0.2) is 8.42 Å². The second-order valence-electron chi connectivity index (χ2n) is 5.20. The number of benzene rings is 1. The fourth-order valence-electron chi connectivity index (χ4n) is 2.89. The maximum atomic E-state index is 12.3. The predicted octanol–water partition coefficient (Wildman–Crippen LogP) is 2.39. The molecular weight excluding hydrogens is 246 g/mol. The zero-order chi connectivity index (χ0) is 13.3. The maximum Gasteiger partial charge on any atom is 0.155 e. The fraction of sp³-hybridized carbons (Fsp3) is 0.571. The topological polar surface area (TPSA) is 60.2 Å². The number of nitrogens with two attached hydrogens (primary N) is 1. The fourth-order valence-corrected chi connectivity index (χ4v) is 4.94. The van der Waals surface area contributed by atoms with Gasteiger partial charge in [0.25, 0.3) is 0 Å². The normalized spacial score (nSPS) is 27.8. The molecule has 18 heavy (non-hydrogen) atoms. The van der Waals surface area contributed by atoms with E-state index in [9.17, 15) is 8.42 Å². The van der Waals surface area contributed by atoms with Crippen molar-refractivity contribution in [1.29, 1.82) is 0 Å². The van der Waals surface area contributed by atoms with E-state index in [0.717, 1.165) is 5.56 Å². The zero-order valence-corrected chi connectivity index (χ0v) is 11.8. The van der Waals surface area contributed by atoms with E-state index >= 15 is 0 Å². The Morgan fingerprint density at radius 1 is 1.28 bits per heavy atom. The van der Waals surface area contributed by atoms with Crippen molar-refractivity contribution in [3.05, 3.63) is 35.4 Å². The molecule has 0 heterocycles. The maximum absolute atomic E-state index is 12.3. The van der Waals surface area contributed by atoms with Gasteiger partial charge in [0.2, 0.25) is 0 Å². The van der Waals surface area contributed by atoms with E-state index in [2.05, 4.69) is 13.0 Å². The molecule has 100 valence electrons. The van der Waals surface area contributed by atoms with Gasteiger partial charge in [-0.15, -0.1) is 0 Å². The summed E-state index contributed by atoms with van der Waals surface area (Å²) in [5.41, 5.74) is 8.39. The van der Waals surface area contributed by atoms with Crippen LogP contribution in [0.4, 0.5) is 0 Å². The highest BCUT2D eigenvalue weighted by Crippen LogP contribution is 2.39. The van der Waals surface area contributed by atoms with Crippen molar-refractivity contribution >= 4 is 9.84 Å². The first-order valence-corrected chi connectivity index (χ1v) is 8.25. The molecule has 0 fully saturated rings. The van der Waals surface area contributed by atoms with Gasteiger partial charge in [-0.05, 0) is 29.9 Å². The lowest BCUT2D eigenvalue weighted by atomic mass is 9.81. The van der Waals surface area contributed by atoms with Crippen LogP contribution in [0, 0.1) is 0 Å². The molecule has 0 amide bonds. The lowest BCUT2D eigenvalue weighted by Gasteiger charge is -2.34. The van der Waals surface area contributed by atoms with Crippen molar-refractivity contribution in [2.24, 2.45) is 5.73 Å². The van der Waals surface area contributed by atoms with Crippen molar-refractivity contribution in [3.63, 3.8) is 0 Å². The summed E-state index contributed by atoms with van der Waals surface area (Å²) in [6.07, 6.45) is 1.29. The van der Waals surface area contributed by atoms with Crippen molar-refractivity contribution in [2.75, 3.05) is 5.75 Å². The van der Waals surface area contributed by atoms with Crippen LogP contribution in [0.3, 0.4) is 0 Å². The van der Waals surface area contributed by atoms with Crippen LogP contribution in [-0.4, -0.2) is 19.4 Å². The van der Waals surface area contributed by atoms with Crippen LogP contribution < -0.4 is 5.73 Å². The molecule has 3 atom stereocenters. The smallest absolute Gasteiger partial charge is 0.155 e. The molecule has 1 aliphatic carbocycles. The number of sulfone groups is 1. The third-order valence-electron chi connectivity index (χ3n) is 3.82. The molecule has 0 saturated carbocycles.